The highest BCUT2D eigenvalue weighted by Crippen LogP contribution is 2.47. The zero-order chi connectivity index (χ0) is 15.1. The molecule has 0 atom stereocenters. The summed E-state index contributed by atoms with van der Waals surface area (Å²) in [6.07, 6.45) is 0. The van der Waals surface area contributed by atoms with Gasteiger partial charge in [-0.3, -0.25) is 0 Å². The number of halogens is 2. The standard InChI is InChI=1S/C18H10Br2S2/c19-17-8-6-15(21-17)13-10-14(16-7-9-18(20)22-16)12-5-3-1-2-4-11(12)13/h1-10H. The van der Waals surface area contributed by atoms with E-state index >= 15 is 0 Å². The van der Waals surface area contributed by atoms with Crippen molar-refractivity contribution in [2.75, 3.05) is 0 Å². The van der Waals surface area contributed by atoms with Crippen LogP contribution in [-0.2, 0) is 0 Å². The quantitative estimate of drug-likeness (QED) is 0.293. The molecule has 2 aliphatic carbocycles. The monoisotopic (exact) mass is 448 g/mol. The van der Waals surface area contributed by atoms with Crippen LogP contribution in [-0.4, -0.2) is 0 Å². The van der Waals surface area contributed by atoms with Gasteiger partial charge in [-0.1, -0.05) is 30.3 Å². The Morgan fingerprint density at radius 3 is 1.45 bits per heavy atom. The second-order valence-electron chi connectivity index (χ2n) is 4.92. The van der Waals surface area contributed by atoms with E-state index in [9.17, 15) is 0 Å². The van der Waals surface area contributed by atoms with E-state index in [0.29, 0.717) is 0 Å². The van der Waals surface area contributed by atoms with Crippen molar-refractivity contribution in [3.63, 3.8) is 0 Å². The van der Waals surface area contributed by atoms with Crippen molar-refractivity contribution >= 4 is 54.5 Å². The van der Waals surface area contributed by atoms with Gasteiger partial charge in [-0.15, -0.1) is 22.7 Å². The van der Waals surface area contributed by atoms with E-state index in [4.69, 9.17) is 0 Å². The minimum atomic E-state index is 1.16. The molecule has 4 heteroatoms. The molecule has 0 fully saturated rings. The molecule has 0 saturated carbocycles. The van der Waals surface area contributed by atoms with Crippen LogP contribution >= 0.6 is 54.5 Å². The molecule has 0 amide bonds. The number of hydrogen-bond acceptors (Lipinski definition) is 2. The Labute approximate surface area is 154 Å². The molecule has 0 bridgehead atoms. The predicted octanol–water partition coefficient (Wildman–Crippen LogP) is 7.77. The van der Waals surface area contributed by atoms with Crippen LogP contribution < -0.4 is 0 Å². The molecule has 0 aliphatic heterocycles. The number of hydrogen-bond donors (Lipinski definition) is 0. The average molecular weight is 450 g/mol. The van der Waals surface area contributed by atoms with E-state index in [0.717, 1.165) is 7.57 Å². The van der Waals surface area contributed by atoms with E-state index in [2.05, 4.69) is 92.5 Å². The number of rotatable bonds is 2. The van der Waals surface area contributed by atoms with Gasteiger partial charge in [-0.05, 0) is 73.3 Å². The van der Waals surface area contributed by atoms with Gasteiger partial charge in [0.05, 0.1) is 7.57 Å². The molecule has 2 aromatic heterocycles. The lowest BCUT2D eigenvalue weighted by Gasteiger charge is -1.99. The lowest BCUT2D eigenvalue weighted by molar-refractivity contribution is 1.81. The first-order valence-electron chi connectivity index (χ1n) is 6.75. The van der Waals surface area contributed by atoms with Gasteiger partial charge in [0, 0.05) is 20.9 Å². The fourth-order valence-electron chi connectivity index (χ4n) is 2.64. The second kappa shape index (κ2) is 5.93. The highest BCUT2D eigenvalue weighted by atomic mass is 79.9. The van der Waals surface area contributed by atoms with Crippen LogP contribution in [0, 0.1) is 0 Å². The predicted molar refractivity (Wildman–Crippen MR) is 105 cm³/mol. The fraction of sp³-hybridized carbons (Fsp3) is 0. The topological polar surface area (TPSA) is 0 Å². The minimum Gasteiger partial charge on any atom is -0.128 e. The molecule has 2 aromatic rings. The van der Waals surface area contributed by atoms with Gasteiger partial charge in [0.15, 0.2) is 0 Å². The van der Waals surface area contributed by atoms with E-state index in [1.807, 2.05) is 0 Å². The minimum absolute atomic E-state index is 1.16. The van der Waals surface area contributed by atoms with Crippen molar-refractivity contribution in [1.29, 1.82) is 0 Å². The summed E-state index contributed by atoms with van der Waals surface area (Å²) in [7, 11) is 0. The Balaban J connectivity index is 1.99. The third kappa shape index (κ3) is 2.58. The Morgan fingerprint density at radius 1 is 0.545 bits per heavy atom. The van der Waals surface area contributed by atoms with Crippen LogP contribution in [0.3, 0.4) is 0 Å². The zero-order valence-corrected chi connectivity index (χ0v) is 16.2. The van der Waals surface area contributed by atoms with Crippen LogP contribution in [0.4, 0.5) is 0 Å². The maximum absolute atomic E-state index is 3.57. The molecule has 0 unspecified atom stereocenters. The highest BCUT2D eigenvalue weighted by Gasteiger charge is 2.19. The number of thiophene rings is 2. The molecule has 0 radical (unpaired) electrons. The molecular formula is C18H10Br2S2. The molecule has 0 spiro atoms. The Hall–Kier alpha value is -0.940. The first-order valence-corrected chi connectivity index (χ1v) is 9.97. The first-order chi connectivity index (χ1) is 10.7. The third-order valence-corrected chi connectivity index (χ3v) is 6.90. The van der Waals surface area contributed by atoms with Gasteiger partial charge in [-0.25, -0.2) is 0 Å². The molecular weight excluding hydrogens is 440 g/mol. The second-order valence-corrected chi connectivity index (χ2v) is 9.84. The van der Waals surface area contributed by atoms with Crippen molar-refractivity contribution in [1.82, 2.24) is 0 Å². The molecule has 2 heterocycles. The van der Waals surface area contributed by atoms with Crippen molar-refractivity contribution in [2.24, 2.45) is 0 Å². The summed E-state index contributed by atoms with van der Waals surface area (Å²) in [6, 6.07) is 21.7. The highest BCUT2D eigenvalue weighted by molar-refractivity contribution is 9.11. The molecule has 0 N–H and O–H groups in total. The van der Waals surface area contributed by atoms with Gasteiger partial charge in [0.1, 0.15) is 0 Å². The Morgan fingerprint density at radius 2 is 1.05 bits per heavy atom. The molecule has 0 nitrogen and oxygen atoms in total. The SMILES string of the molecule is Brc1ccc(-c2cc(-c3ccc(Br)s3)c3cccccc2-3)s1. The van der Waals surface area contributed by atoms with Crippen LogP contribution in [0.15, 0.2) is 68.2 Å². The van der Waals surface area contributed by atoms with Crippen molar-refractivity contribution in [2.45, 2.75) is 0 Å². The zero-order valence-electron chi connectivity index (χ0n) is 11.3. The lowest BCUT2D eigenvalue weighted by atomic mass is 10.1. The third-order valence-electron chi connectivity index (χ3n) is 3.58. The van der Waals surface area contributed by atoms with Crippen LogP contribution in [0.2, 0.25) is 0 Å². The fourth-order valence-corrected chi connectivity index (χ4v) is 5.48. The molecule has 4 rings (SSSR count). The molecule has 108 valence electrons. The summed E-state index contributed by atoms with van der Waals surface area (Å²) in [5, 5.41) is 0. The van der Waals surface area contributed by atoms with Crippen molar-refractivity contribution < 1.29 is 0 Å². The Kier molecular flexibility index (Phi) is 3.95. The normalized spacial score (nSPS) is 11.2. The van der Waals surface area contributed by atoms with Gasteiger partial charge < -0.3 is 0 Å². The summed E-state index contributed by atoms with van der Waals surface area (Å²) in [4.78, 5) is 2.59. The van der Waals surface area contributed by atoms with Crippen LogP contribution in [0.25, 0.3) is 32.0 Å². The first kappa shape index (κ1) is 14.6. The van der Waals surface area contributed by atoms with Gasteiger partial charge in [0.25, 0.3) is 0 Å². The van der Waals surface area contributed by atoms with Gasteiger partial charge in [-0.2, -0.15) is 0 Å². The summed E-state index contributed by atoms with van der Waals surface area (Å²) in [5.41, 5.74) is 5.22. The van der Waals surface area contributed by atoms with Gasteiger partial charge in [0.2, 0.25) is 0 Å². The Bertz CT molecular complexity index is 848. The maximum atomic E-state index is 3.57. The van der Waals surface area contributed by atoms with E-state index in [1.165, 1.54) is 32.0 Å². The van der Waals surface area contributed by atoms with Crippen LogP contribution in [0.5, 0.6) is 0 Å². The molecule has 0 saturated heterocycles. The van der Waals surface area contributed by atoms with Gasteiger partial charge >= 0.3 is 0 Å². The van der Waals surface area contributed by atoms with Crippen molar-refractivity contribution in [3.05, 3.63) is 68.2 Å². The van der Waals surface area contributed by atoms with Crippen molar-refractivity contribution in [3.8, 4) is 32.0 Å². The summed E-state index contributed by atoms with van der Waals surface area (Å²) < 4.78 is 2.33. The lowest BCUT2D eigenvalue weighted by Crippen LogP contribution is -1.72. The van der Waals surface area contributed by atoms with Crippen LogP contribution in [0.1, 0.15) is 0 Å². The molecule has 0 aromatic carbocycles. The largest absolute Gasteiger partial charge is 0.128 e. The number of fused-ring (bicyclic) bond motifs is 1. The summed E-state index contributed by atoms with van der Waals surface area (Å²) in [5.74, 6) is 0. The van der Waals surface area contributed by atoms with E-state index in [1.54, 1.807) is 22.7 Å². The molecule has 22 heavy (non-hydrogen) atoms. The summed E-state index contributed by atoms with van der Waals surface area (Å²) in [6.45, 7) is 0. The van der Waals surface area contributed by atoms with E-state index in [-0.39, 0.29) is 0 Å². The summed E-state index contributed by atoms with van der Waals surface area (Å²) >= 11 is 10.7. The molecule has 2 aliphatic rings. The smallest absolute Gasteiger partial charge is 0.0705 e. The van der Waals surface area contributed by atoms with E-state index < -0.39 is 0 Å². The maximum Gasteiger partial charge on any atom is 0.0705 e. The average Bonchev–Trinajstić information content (AvgIpc) is 3.14.